The van der Waals surface area contributed by atoms with Gasteiger partial charge in [0.15, 0.2) is 0 Å². The first-order valence-electron chi connectivity index (χ1n) is 4.78. The Labute approximate surface area is 89.5 Å². The average molecular weight is 202 g/mol. The molecule has 0 aliphatic rings. The fraction of sp³-hybridized carbons (Fsp3) is 0.250. The highest BCUT2D eigenvalue weighted by Crippen LogP contribution is 2.26. The van der Waals surface area contributed by atoms with Gasteiger partial charge in [0.25, 0.3) is 0 Å². The van der Waals surface area contributed by atoms with E-state index in [1.54, 1.807) is 18.2 Å². The highest BCUT2D eigenvalue weighted by molar-refractivity contribution is 5.42. The summed E-state index contributed by atoms with van der Waals surface area (Å²) in [5.41, 5.74) is 7.02. The summed E-state index contributed by atoms with van der Waals surface area (Å²) < 4.78 is 0. The Hall–Kier alpha value is -1.79. The van der Waals surface area contributed by atoms with Crippen LogP contribution in [0.15, 0.2) is 30.9 Å². The molecule has 0 unspecified atom stereocenters. The lowest BCUT2D eigenvalue weighted by Crippen LogP contribution is -2.10. The monoisotopic (exact) mass is 202 g/mol. The van der Waals surface area contributed by atoms with Crippen molar-refractivity contribution in [2.24, 2.45) is 5.73 Å². The summed E-state index contributed by atoms with van der Waals surface area (Å²) in [6.07, 6.45) is 3.29. The minimum atomic E-state index is -0.253. The Morgan fingerprint density at radius 3 is 2.93 bits per heavy atom. The van der Waals surface area contributed by atoms with Gasteiger partial charge in [-0.25, -0.2) is 0 Å². The Kier molecular flexibility index (Phi) is 3.90. The van der Waals surface area contributed by atoms with Crippen LogP contribution in [0, 0.1) is 11.3 Å². The highest BCUT2D eigenvalue weighted by Gasteiger charge is 2.10. The SMILES string of the molecule is C=CCC[C@@H](N)c1cc(C#N)ccc1O. The molecule has 1 aromatic rings. The molecule has 0 heterocycles. The van der Waals surface area contributed by atoms with Crippen molar-refractivity contribution in [1.82, 2.24) is 0 Å². The predicted molar refractivity (Wildman–Crippen MR) is 59.2 cm³/mol. The van der Waals surface area contributed by atoms with Gasteiger partial charge in [-0.2, -0.15) is 5.26 Å². The zero-order valence-electron chi connectivity index (χ0n) is 8.48. The van der Waals surface area contributed by atoms with Crippen molar-refractivity contribution in [2.45, 2.75) is 18.9 Å². The second-order valence-electron chi connectivity index (χ2n) is 3.36. The summed E-state index contributed by atoms with van der Waals surface area (Å²) in [6.45, 7) is 3.61. The van der Waals surface area contributed by atoms with Crippen LogP contribution >= 0.6 is 0 Å². The van der Waals surface area contributed by atoms with Crippen molar-refractivity contribution in [3.8, 4) is 11.8 Å². The van der Waals surface area contributed by atoms with E-state index >= 15 is 0 Å². The van der Waals surface area contributed by atoms with Crippen LogP contribution in [0.5, 0.6) is 5.75 Å². The number of allylic oxidation sites excluding steroid dienone is 1. The molecule has 3 heteroatoms. The highest BCUT2D eigenvalue weighted by atomic mass is 16.3. The molecule has 1 atom stereocenters. The van der Waals surface area contributed by atoms with E-state index in [0.717, 1.165) is 6.42 Å². The van der Waals surface area contributed by atoms with Crippen molar-refractivity contribution in [1.29, 1.82) is 5.26 Å². The van der Waals surface area contributed by atoms with E-state index in [0.29, 0.717) is 17.5 Å². The number of phenols is 1. The van der Waals surface area contributed by atoms with Gasteiger partial charge in [-0.15, -0.1) is 6.58 Å². The maximum absolute atomic E-state index is 9.58. The number of hydrogen-bond donors (Lipinski definition) is 2. The summed E-state index contributed by atoms with van der Waals surface area (Å²) in [4.78, 5) is 0. The van der Waals surface area contributed by atoms with Gasteiger partial charge in [0.1, 0.15) is 5.75 Å². The topological polar surface area (TPSA) is 70.0 Å². The molecule has 0 aliphatic carbocycles. The zero-order valence-corrected chi connectivity index (χ0v) is 8.48. The lowest BCUT2D eigenvalue weighted by atomic mass is 10.00. The lowest BCUT2D eigenvalue weighted by Gasteiger charge is -2.12. The molecule has 0 aliphatic heterocycles. The van der Waals surface area contributed by atoms with Gasteiger partial charge in [-0.3, -0.25) is 0 Å². The van der Waals surface area contributed by atoms with E-state index in [-0.39, 0.29) is 11.8 Å². The van der Waals surface area contributed by atoms with Gasteiger partial charge in [0, 0.05) is 11.6 Å². The van der Waals surface area contributed by atoms with E-state index in [1.165, 1.54) is 6.07 Å². The lowest BCUT2D eigenvalue weighted by molar-refractivity contribution is 0.459. The van der Waals surface area contributed by atoms with Gasteiger partial charge >= 0.3 is 0 Å². The smallest absolute Gasteiger partial charge is 0.120 e. The first-order valence-corrected chi connectivity index (χ1v) is 4.78. The summed E-state index contributed by atoms with van der Waals surface area (Å²) in [7, 11) is 0. The van der Waals surface area contributed by atoms with E-state index in [2.05, 4.69) is 6.58 Å². The predicted octanol–water partition coefficient (Wildman–Crippen LogP) is 2.23. The van der Waals surface area contributed by atoms with E-state index in [1.807, 2.05) is 6.07 Å². The van der Waals surface area contributed by atoms with Gasteiger partial charge < -0.3 is 10.8 Å². The fourth-order valence-electron chi connectivity index (χ4n) is 1.37. The van der Waals surface area contributed by atoms with Crippen LogP contribution in [0.2, 0.25) is 0 Å². The molecular formula is C12H14N2O. The van der Waals surface area contributed by atoms with E-state index in [9.17, 15) is 5.11 Å². The molecule has 3 N–H and O–H groups in total. The first-order chi connectivity index (χ1) is 7.19. The maximum Gasteiger partial charge on any atom is 0.120 e. The third kappa shape index (κ3) is 2.83. The Bertz CT molecular complexity index is 393. The molecule has 0 amide bonds. The fourth-order valence-corrected chi connectivity index (χ4v) is 1.37. The van der Waals surface area contributed by atoms with Crippen LogP contribution in [-0.4, -0.2) is 5.11 Å². The van der Waals surface area contributed by atoms with Crippen LogP contribution < -0.4 is 5.73 Å². The van der Waals surface area contributed by atoms with Gasteiger partial charge in [-0.05, 0) is 31.0 Å². The molecule has 0 bridgehead atoms. The van der Waals surface area contributed by atoms with Crippen LogP contribution in [0.4, 0.5) is 0 Å². The molecule has 0 saturated heterocycles. The van der Waals surface area contributed by atoms with Crippen LogP contribution in [-0.2, 0) is 0 Å². The molecule has 0 spiro atoms. The van der Waals surface area contributed by atoms with Crippen LogP contribution in [0.3, 0.4) is 0 Å². The minimum absolute atomic E-state index is 0.144. The van der Waals surface area contributed by atoms with Gasteiger partial charge in [0.05, 0.1) is 11.6 Å². The number of nitrogens with two attached hydrogens (primary N) is 1. The van der Waals surface area contributed by atoms with Gasteiger partial charge in [-0.1, -0.05) is 6.08 Å². The summed E-state index contributed by atoms with van der Waals surface area (Å²) >= 11 is 0. The number of rotatable bonds is 4. The van der Waals surface area contributed by atoms with Crippen molar-refractivity contribution in [2.75, 3.05) is 0 Å². The number of phenolic OH excluding ortho intramolecular Hbond substituents is 1. The molecule has 0 radical (unpaired) electrons. The Morgan fingerprint density at radius 1 is 1.60 bits per heavy atom. The molecule has 15 heavy (non-hydrogen) atoms. The Balaban J connectivity index is 2.91. The molecule has 0 saturated carbocycles. The zero-order chi connectivity index (χ0) is 11.3. The van der Waals surface area contributed by atoms with Crippen molar-refractivity contribution in [3.63, 3.8) is 0 Å². The molecular weight excluding hydrogens is 188 g/mol. The van der Waals surface area contributed by atoms with Crippen molar-refractivity contribution >= 4 is 0 Å². The first kappa shape index (κ1) is 11.3. The van der Waals surface area contributed by atoms with Gasteiger partial charge in [0.2, 0.25) is 0 Å². The van der Waals surface area contributed by atoms with Crippen molar-refractivity contribution < 1.29 is 5.11 Å². The minimum Gasteiger partial charge on any atom is -0.508 e. The Morgan fingerprint density at radius 2 is 2.33 bits per heavy atom. The van der Waals surface area contributed by atoms with Crippen LogP contribution in [0.25, 0.3) is 0 Å². The number of nitrogens with zero attached hydrogens (tertiary/aromatic N) is 1. The summed E-state index contributed by atoms with van der Waals surface area (Å²) in [5.74, 6) is 0.144. The average Bonchev–Trinajstić information content (AvgIpc) is 2.26. The standard InChI is InChI=1S/C12H14N2O/c1-2-3-4-11(14)10-7-9(8-13)5-6-12(10)15/h2,5-7,11,15H,1,3-4,14H2/t11-/m1/s1. The number of aromatic hydroxyl groups is 1. The number of nitriles is 1. The number of hydrogen-bond acceptors (Lipinski definition) is 3. The molecule has 78 valence electrons. The molecule has 0 fully saturated rings. The molecule has 1 aromatic carbocycles. The second kappa shape index (κ2) is 5.18. The largest absolute Gasteiger partial charge is 0.508 e. The third-order valence-corrected chi connectivity index (χ3v) is 2.24. The van der Waals surface area contributed by atoms with Crippen LogP contribution in [0.1, 0.15) is 30.0 Å². The molecule has 3 nitrogen and oxygen atoms in total. The summed E-state index contributed by atoms with van der Waals surface area (Å²) in [5, 5.41) is 18.3. The molecule has 0 aromatic heterocycles. The molecule has 1 rings (SSSR count). The third-order valence-electron chi connectivity index (χ3n) is 2.24. The van der Waals surface area contributed by atoms with Crippen molar-refractivity contribution in [3.05, 3.63) is 42.0 Å². The quantitative estimate of drug-likeness (QED) is 0.735. The number of benzene rings is 1. The summed E-state index contributed by atoms with van der Waals surface area (Å²) in [6, 6.07) is 6.46. The maximum atomic E-state index is 9.58. The van der Waals surface area contributed by atoms with E-state index < -0.39 is 0 Å². The normalized spacial score (nSPS) is 11.7. The van der Waals surface area contributed by atoms with E-state index in [4.69, 9.17) is 11.0 Å². The second-order valence-corrected chi connectivity index (χ2v) is 3.36.